The maximum absolute atomic E-state index is 4.66. The molecule has 2 heteroatoms. The standard InChI is InChI=1S/C19H30N2/c1-3-16-7-9-19(10-8-16)11-13-21(14-12-19)18-6-5-17(4-2)15-20-18/h5-6,15-16H,3-4,7-14H2,1-2H3. The summed E-state index contributed by atoms with van der Waals surface area (Å²) in [6.07, 6.45) is 13.2. The Kier molecular flexibility index (Phi) is 4.51. The van der Waals surface area contributed by atoms with Crippen molar-refractivity contribution in [2.45, 2.75) is 65.2 Å². The molecule has 1 aliphatic carbocycles. The third kappa shape index (κ3) is 3.25. The number of pyridine rings is 1. The summed E-state index contributed by atoms with van der Waals surface area (Å²) in [5.74, 6) is 2.20. The van der Waals surface area contributed by atoms with Crippen LogP contribution < -0.4 is 4.90 Å². The van der Waals surface area contributed by atoms with Crippen molar-refractivity contribution in [2.24, 2.45) is 11.3 Å². The highest BCUT2D eigenvalue weighted by Crippen LogP contribution is 2.47. The summed E-state index contributed by atoms with van der Waals surface area (Å²) >= 11 is 0. The van der Waals surface area contributed by atoms with Crippen LogP contribution in [-0.4, -0.2) is 18.1 Å². The fraction of sp³-hybridized carbons (Fsp3) is 0.737. The molecule has 1 saturated heterocycles. The van der Waals surface area contributed by atoms with E-state index >= 15 is 0 Å². The first-order valence-electron chi connectivity index (χ1n) is 8.94. The highest BCUT2D eigenvalue weighted by Gasteiger charge is 2.37. The molecule has 1 aromatic rings. The number of nitrogens with zero attached hydrogens (tertiary/aromatic N) is 2. The van der Waals surface area contributed by atoms with Gasteiger partial charge in [0.05, 0.1) is 0 Å². The molecule has 0 atom stereocenters. The number of rotatable bonds is 3. The summed E-state index contributed by atoms with van der Waals surface area (Å²) in [5, 5.41) is 0. The fourth-order valence-corrected chi connectivity index (χ4v) is 4.22. The molecule has 0 bridgehead atoms. The van der Waals surface area contributed by atoms with Crippen molar-refractivity contribution in [3.05, 3.63) is 23.9 Å². The van der Waals surface area contributed by atoms with E-state index in [1.807, 2.05) is 6.20 Å². The van der Waals surface area contributed by atoms with Crippen molar-refractivity contribution in [2.75, 3.05) is 18.0 Å². The van der Waals surface area contributed by atoms with Crippen LogP contribution in [0.1, 0.15) is 64.4 Å². The Balaban J connectivity index is 1.57. The predicted molar refractivity (Wildman–Crippen MR) is 89.7 cm³/mol. The van der Waals surface area contributed by atoms with Crippen LogP contribution in [0.25, 0.3) is 0 Å². The lowest BCUT2D eigenvalue weighted by Crippen LogP contribution is -2.42. The van der Waals surface area contributed by atoms with E-state index < -0.39 is 0 Å². The second-order valence-corrected chi connectivity index (χ2v) is 7.22. The van der Waals surface area contributed by atoms with Gasteiger partial charge in [-0.1, -0.05) is 26.3 Å². The number of hydrogen-bond donors (Lipinski definition) is 0. The van der Waals surface area contributed by atoms with Gasteiger partial charge in [-0.2, -0.15) is 0 Å². The minimum Gasteiger partial charge on any atom is -0.357 e. The summed E-state index contributed by atoms with van der Waals surface area (Å²) in [4.78, 5) is 7.15. The Morgan fingerprint density at radius 1 is 1.10 bits per heavy atom. The lowest BCUT2D eigenvalue weighted by atomic mass is 9.65. The Bertz CT molecular complexity index is 433. The third-order valence-corrected chi connectivity index (χ3v) is 6.11. The Morgan fingerprint density at radius 2 is 1.81 bits per heavy atom. The van der Waals surface area contributed by atoms with Crippen LogP contribution in [0.2, 0.25) is 0 Å². The third-order valence-electron chi connectivity index (χ3n) is 6.11. The molecule has 0 N–H and O–H groups in total. The van der Waals surface area contributed by atoms with Crippen molar-refractivity contribution < 1.29 is 0 Å². The van der Waals surface area contributed by atoms with E-state index in [4.69, 9.17) is 0 Å². The van der Waals surface area contributed by atoms with Crippen molar-refractivity contribution in [3.63, 3.8) is 0 Å². The van der Waals surface area contributed by atoms with E-state index in [1.165, 1.54) is 69.4 Å². The van der Waals surface area contributed by atoms with Crippen molar-refractivity contribution in [3.8, 4) is 0 Å². The second kappa shape index (κ2) is 6.37. The number of aryl methyl sites for hydroxylation is 1. The smallest absolute Gasteiger partial charge is 0.128 e. The maximum Gasteiger partial charge on any atom is 0.128 e. The van der Waals surface area contributed by atoms with Gasteiger partial charge in [0.15, 0.2) is 0 Å². The molecule has 1 saturated carbocycles. The predicted octanol–water partition coefficient (Wildman–Crippen LogP) is 4.83. The molecule has 116 valence electrons. The number of hydrogen-bond acceptors (Lipinski definition) is 2. The molecule has 1 aliphatic heterocycles. The van der Waals surface area contributed by atoms with Crippen LogP contribution >= 0.6 is 0 Å². The van der Waals surface area contributed by atoms with Crippen molar-refractivity contribution in [1.29, 1.82) is 0 Å². The summed E-state index contributed by atoms with van der Waals surface area (Å²) in [6, 6.07) is 4.45. The monoisotopic (exact) mass is 286 g/mol. The molecule has 0 amide bonds. The van der Waals surface area contributed by atoms with Crippen LogP contribution in [0, 0.1) is 11.3 Å². The number of piperidine rings is 1. The largest absolute Gasteiger partial charge is 0.357 e. The Labute approximate surface area is 130 Å². The molecule has 0 radical (unpaired) electrons. The van der Waals surface area contributed by atoms with Gasteiger partial charge in [-0.25, -0.2) is 4.98 Å². The van der Waals surface area contributed by atoms with Gasteiger partial charge in [-0.05, 0) is 67.9 Å². The molecule has 1 aromatic heterocycles. The first-order valence-corrected chi connectivity index (χ1v) is 8.94. The molecule has 2 heterocycles. The molecular weight excluding hydrogens is 256 g/mol. The van der Waals surface area contributed by atoms with Crippen LogP contribution in [0.3, 0.4) is 0 Å². The van der Waals surface area contributed by atoms with Crippen LogP contribution in [0.5, 0.6) is 0 Å². The lowest BCUT2D eigenvalue weighted by molar-refractivity contribution is 0.112. The normalized spacial score (nSPS) is 22.7. The van der Waals surface area contributed by atoms with Gasteiger partial charge in [0.2, 0.25) is 0 Å². The average Bonchev–Trinajstić information content (AvgIpc) is 2.57. The molecule has 3 rings (SSSR count). The van der Waals surface area contributed by atoms with Gasteiger partial charge in [-0.15, -0.1) is 0 Å². The second-order valence-electron chi connectivity index (χ2n) is 7.22. The maximum atomic E-state index is 4.66. The fourth-order valence-electron chi connectivity index (χ4n) is 4.22. The SMILES string of the molecule is CCc1ccc(N2CCC3(CCC(CC)CC3)CC2)nc1. The van der Waals surface area contributed by atoms with Gasteiger partial charge in [0, 0.05) is 19.3 Å². The molecule has 2 fully saturated rings. The molecule has 2 nitrogen and oxygen atoms in total. The van der Waals surface area contributed by atoms with Crippen LogP contribution in [0.15, 0.2) is 18.3 Å². The van der Waals surface area contributed by atoms with Crippen molar-refractivity contribution >= 4 is 5.82 Å². The number of anilines is 1. The van der Waals surface area contributed by atoms with E-state index in [-0.39, 0.29) is 0 Å². The zero-order valence-electron chi connectivity index (χ0n) is 13.8. The summed E-state index contributed by atoms with van der Waals surface area (Å²) in [5.41, 5.74) is 2.01. The lowest BCUT2D eigenvalue weighted by Gasteiger charge is -2.46. The molecule has 0 aromatic carbocycles. The Morgan fingerprint density at radius 3 is 2.33 bits per heavy atom. The minimum atomic E-state index is 0.672. The zero-order valence-corrected chi connectivity index (χ0v) is 13.8. The summed E-state index contributed by atoms with van der Waals surface area (Å²) in [6.45, 7) is 6.95. The minimum absolute atomic E-state index is 0.672. The quantitative estimate of drug-likeness (QED) is 0.791. The van der Waals surface area contributed by atoms with Gasteiger partial charge in [0.25, 0.3) is 0 Å². The molecule has 2 aliphatic rings. The zero-order chi connectivity index (χ0) is 14.7. The molecule has 21 heavy (non-hydrogen) atoms. The first kappa shape index (κ1) is 14.9. The van der Waals surface area contributed by atoms with E-state index in [0.717, 1.165) is 12.3 Å². The average molecular weight is 286 g/mol. The topological polar surface area (TPSA) is 16.1 Å². The van der Waals surface area contributed by atoms with Crippen LogP contribution in [-0.2, 0) is 6.42 Å². The van der Waals surface area contributed by atoms with E-state index in [0.29, 0.717) is 5.41 Å². The van der Waals surface area contributed by atoms with Gasteiger partial charge < -0.3 is 4.90 Å². The highest BCUT2D eigenvalue weighted by atomic mass is 15.2. The Hall–Kier alpha value is -1.05. The van der Waals surface area contributed by atoms with E-state index in [9.17, 15) is 0 Å². The van der Waals surface area contributed by atoms with Gasteiger partial charge in [0.1, 0.15) is 5.82 Å². The molecular formula is C19H30N2. The molecule has 1 spiro atoms. The number of aromatic nitrogens is 1. The van der Waals surface area contributed by atoms with Crippen molar-refractivity contribution in [1.82, 2.24) is 4.98 Å². The van der Waals surface area contributed by atoms with Crippen LogP contribution in [0.4, 0.5) is 5.82 Å². The van der Waals surface area contributed by atoms with E-state index in [2.05, 4.69) is 35.9 Å². The van der Waals surface area contributed by atoms with Gasteiger partial charge >= 0.3 is 0 Å². The summed E-state index contributed by atoms with van der Waals surface area (Å²) in [7, 11) is 0. The molecule has 0 unspecified atom stereocenters. The summed E-state index contributed by atoms with van der Waals surface area (Å²) < 4.78 is 0. The first-order chi connectivity index (χ1) is 10.2. The van der Waals surface area contributed by atoms with E-state index in [1.54, 1.807) is 0 Å². The highest BCUT2D eigenvalue weighted by molar-refractivity contribution is 5.40. The van der Waals surface area contributed by atoms with Gasteiger partial charge in [-0.3, -0.25) is 0 Å².